The molecule has 0 radical (unpaired) electrons. The average molecular weight is 532 g/mol. The molecule has 0 atom stereocenters. The fraction of sp³-hybridized carbons (Fsp3) is 0.194. The number of rotatable bonds is 5. The van der Waals surface area contributed by atoms with E-state index in [2.05, 4.69) is 30.5 Å². The van der Waals surface area contributed by atoms with Gasteiger partial charge in [-0.2, -0.15) is 5.10 Å². The number of aromatic amines is 2. The highest BCUT2D eigenvalue weighted by molar-refractivity contribution is 5.99. The Labute approximate surface area is 229 Å². The van der Waals surface area contributed by atoms with Gasteiger partial charge in [0.05, 0.1) is 34.5 Å². The summed E-state index contributed by atoms with van der Waals surface area (Å²) < 4.78 is 14.2. The van der Waals surface area contributed by atoms with E-state index in [1.165, 1.54) is 12.1 Å². The number of nitrogens with zero attached hydrogens (tertiary/aromatic N) is 4. The first-order valence-electron chi connectivity index (χ1n) is 13.4. The first-order valence-corrected chi connectivity index (χ1v) is 13.4. The number of hydrogen-bond donors (Lipinski definition) is 3. The third kappa shape index (κ3) is 4.39. The first kappa shape index (κ1) is 24.1. The molecule has 5 heterocycles. The molecule has 0 saturated heterocycles. The summed E-state index contributed by atoms with van der Waals surface area (Å²) in [6.45, 7) is 1.86. The number of benzene rings is 1. The summed E-state index contributed by atoms with van der Waals surface area (Å²) in [7, 11) is 0. The van der Waals surface area contributed by atoms with Crippen LogP contribution in [0.25, 0.3) is 55.8 Å². The van der Waals surface area contributed by atoms with Crippen LogP contribution in [-0.2, 0) is 4.79 Å². The summed E-state index contributed by atoms with van der Waals surface area (Å²) in [4.78, 5) is 29.9. The van der Waals surface area contributed by atoms with E-state index in [-0.39, 0.29) is 17.6 Å². The number of carbonyl (C=O) groups is 1. The van der Waals surface area contributed by atoms with Gasteiger partial charge in [0.2, 0.25) is 5.91 Å². The Kier molecular flexibility index (Phi) is 5.84. The van der Waals surface area contributed by atoms with Crippen LogP contribution in [0.2, 0.25) is 0 Å². The second-order valence-corrected chi connectivity index (χ2v) is 10.4. The van der Waals surface area contributed by atoms with E-state index in [4.69, 9.17) is 4.98 Å². The molecule has 1 aliphatic carbocycles. The van der Waals surface area contributed by atoms with E-state index in [1.54, 1.807) is 18.6 Å². The molecule has 7 rings (SSSR count). The third-order valence-corrected chi connectivity index (χ3v) is 7.55. The molecule has 1 aliphatic rings. The fourth-order valence-electron chi connectivity index (χ4n) is 5.61. The van der Waals surface area contributed by atoms with Crippen molar-refractivity contribution < 1.29 is 9.18 Å². The van der Waals surface area contributed by atoms with Gasteiger partial charge in [0.1, 0.15) is 17.0 Å². The Bertz CT molecular complexity index is 1880. The van der Waals surface area contributed by atoms with Crippen molar-refractivity contribution >= 4 is 33.5 Å². The van der Waals surface area contributed by atoms with Crippen molar-refractivity contribution in [1.29, 1.82) is 0 Å². The van der Waals surface area contributed by atoms with Gasteiger partial charge in [-0.15, -0.1) is 0 Å². The molecule has 0 bridgehead atoms. The number of fused-ring (bicyclic) bond motifs is 2. The predicted octanol–water partition coefficient (Wildman–Crippen LogP) is 6.81. The van der Waals surface area contributed by atoms with Crippen molar-refractivity contribution in [2.24, 2.45) is 5.92 Å². The lowest BCUT2D eigenvalue weighted by Gasteiger charge is -2.11. The van der Waals surface area contributed by atoms with Crippen molar-refractivity contribution in [2.45, 2.75) is 32.6 Å². The molecule has 1 saturated carbocycles. The number of anilines is 1. The summed E-state index contributed by atoms with van der Waals surface area (Å²) in [5.41, 5.74) is 8.18. The van der Waals surface area contributed by atoms with E-state index in [0.717, 1.165) is 58.9 Å². The Morgan fingerprint density at radius 1 is 0.975 bits per heavy atom. The minimum absolute atomic E-state index is 0.0538. The molecule has 9 heteroatoms. The normalized spacial score (nSPS) is 13.8. The van der Waals surface area contributed by atoms with Crippen LogP contribution in [0.1, 0.15) is 31.2 Å². The summed E-state index contributed by atoms with van der Waals surface area (Å²) in [6, 6.07) is 14.5. The lowest BCUT2D eigenvalue weighted by atomic mass is 10.0. The molecule has 198 valence electrons. The zero-order chi connectivity index (χ0) is 27.2. The molecule has 0 unspecified atom stereocenters. The number of aromatic nitrogens is 6. The quantitative estimate of drug-likeness (QED) is 0.226. The number of pyridine rings is 3. The second-order valence-electron chi connectivity index (χ2n) is 10.4. The molecular weight excluding hydrogens is 505 g/mol. The maximum absolute atomic E-state index is 14.2. The molecule has 5 aromatic heterocycles. The van der Waals surface area contributed by atoms with Crippen LogP contribution in [0.3, 0.4) is 0 Å². The maximum Gasteiger partial charge on any atom is 0.227 e. The van der Waals surface area contributed by atoms with Crippen LogP contribution < -0.4 is 5.32 Å². The topological polar surface area (TPSA) is 112 Å². The monoisotopic (exact) mass is 531 g/mol. The van der Waals surface area contributed by atoms with Gasteiger partial charge in [-0.05, 0) is 73.9 Å². The largest absolute Gasteiger partial charge is 0.353 e. The van der Waals surface area contributed by atoms with Crippen molar-refractivity contribution in [1.82, 2.24) is 30.1 Å². The van der Waals surface area contributed by atoms with Gasteiger partial charge >= 0.3 is 0 Å². The zero-order valence-electron chi connectivity index (χ0n) is 21.8. The third-order valence-electron chi connectivity index (χ3n) is 7.55. The Hall–Kier alpha value is -4.92. The van der Waals surface area contributed by atoms with Gasteiger partial charge in [0.15, 0.2) is 0 Å². The summed E-state index contributed by atoms with van der Waals surface area (Å²) in [5.74, 6) is -0.169. The van der Waals surface area contributed by atoms with E-state index in [0.29, 0.717) is 33.8 Å². The van der Waals surface area contributed by atoms with Gasteiger partial charge in [0.25, 0.3) is 0 Å². The summed E-state index contributed by atoms with van der Waals surface area (Å²) >= 11 is 0. The molecule has 3 N–H and O–H groups in total. The minimum atomic E-state index is -0.295. The molecule has 6 aromatic rings. The van der Waals surface area contributed by atoms with Gasteiger partial charge in [-0.1, -0.05) is 12.8 Å². The lowest BCUT2D eigenvalue weighted by molar-refractivity contribution is -0.119. The second kappa shape index (κ2) is 9.68. The predicted molar refractivity (Wildman–Crippen MR) is 153 cm³/mol. The van der Waals surface area contributed by atoms with E-state index in [9.17, 15) is 9.18 Å². The number of carbonyl (C=O) groups excluding carboxylic acids is 1. The number of halogens is 1. The smallest absolute Gasteiger partial charge is 0.227 e. The molecule has 1 amide bonds. The highest BCUT2D eigenvalue weighted by Gasteiger charge is 2.23. The maximum atomic E-state index is 14.2. The Balaban J connectivity index is 1.25. The zero-order valence-corrected chi connectivity index (χ0v) is 21.8. The minimum Gasteiger partial charge on any atom is -0.353 e. The molecule has 1 fully saturated rings. The highest BCUT2D eigenvalue weighted by atomic mass is 19.1. The Morgan fingerprint density at radius 3 is 2.70 bits per heavy atom. The van der Waals surface area contributed by atoms with Crippen LogP contribution in [0.15, 0.2) is 67.1 Å². The van der Waals surface area contributed by atoms with Crippen LogP contribution in [0.4, 0.5) is 10.1 Å². The van der Waals surface area contributed by atoms with Crippen LogP contribution >= 0.6 is 0 Å². The van der Waals surface area contributed by atoms with Gasteiger partial charge in [-0.3, -0.25) is 19.9 Å². The van der Waals surface area contributed by atoms with Crippen LogP contribution in [0.5, 0.6) is 0 Å². The van der Waals surface area contributed by atoms with Crippen molar-refractivity contribution in [2.75, 3.05) is 5.32 Å². The Morgan fingerprint density at radius 2 is 1.85 bits per heavy atom. The standard InChI is InChI=1S/C31H26FN7O/c1-17-10-19(12-21(32)11-17)28-23-14-27(36-25(23)8-9-34-28)30-29-26(38-39-30)7-6-24(37-29)20-13-22(16-33-15-20)35-31(40)18-4-2-3-5-18/h6-16,18,36H,2-5H2,1H3,(H,35,40)(H,38,39). The van der Waals surface area contributed by atoms with E-state index >= 15 is 0 Å². The van der Waals surface area contributed by atoms with E-state index in [1.807, 2.05) is 43.3 Å². The number of H-pyrrole nitrogens is 2. The number of nitrogens with one attached hydrogen (secondary N) is 3. The van der Waals surface area contributed by atoms with Gasteiger partial charge < -0.3 is 10.3 Å². The van der Waals surface area contributed by atoms with Crippen LogP contribution in [-0.4, -0.2) is 36.0 Å². The highest BCUT2D eigenvalue weighted by Crippen LogP contribution is 2.34. The van der Waals surface area contributed by atoms with Crippen molar-refractivity contribution in [3.8, 4) is 33.9 Å². The van der Waals surface area contributed by atoms with Crippen molar-refractivity contribution in [3.05, 3.63) is 78.5 Å². The molecular formula is C31H26FN7O. The summed E-state index contributed by atoms with van der Waals surface area (Å²) in [6.07, 6.45) is 9.19. The molecule has 40 heavy (non-hydrogen) atoms. The summed E-state index contributed by atoms with van der Waals surface area (Å²) in [5, 5.41) is 11.5. The van der Waals surface area contributed by atoms with Crippen molar-refractivity contribution in [3.63, 3.8) is 0 Å². The molecule has 1 aromatic carbocycles. The lowest BCUT2D eigenvalue weighted by Crippen LogP contribution is -2.20. The molecule has 0 spiro atoms. The molecule has 0 aliphatic heterocycles. The first-order chi connectivity index (χ1) is 19.5. The van der Waals surface area contributed by atoms with Gasteiger partial charge in [0, 0.05) is 40.3 Å². The van der Waals surface area contributed by atoms with E-state index < -0.39 is 0 Å². The number of aryl methyl sites for hydroxylation is 1. The van der Waals surface area contributed by atoms with Gasteiger partial charge in [-0.25, -0.2) is 9.37 Å². The number of amides is 1. The molecule has 8 nitrogen and oxygen atoms in total. The van der Waals surface area contributed by atoms with Crippen LogP contribution in [0, 0.1) is 18.7 Å². The SMILES string of the molecule is Cc1cc(F)cc(-c2nccc3[nH]c(-c4n[nH]c5ccc(-c6cncc(NC(=O)C7CCCC7)c6)nc45)cc23)c1. The average Bonchev–Trinajstić information content (AvgIpc) is 3.71. The fourth-order valence-corrected chi connectivity index (χ4v) is 5.61. The number of hydrogen-bond acceptors (Lipinski definition) is 5.